The standard InChI is InChI=1S/C12H10O2/c1-9-4-2-5-10(8-9)11-6-3-7-14-12(11)13/h2-8H,1H3. The Morgan fingerprint density at radius 1 is 1.14 bits per heavy atom. The number of benzene rings is 1. The van der Waals surface area contributed by atoms with E-state index >= 15 is 0 Å². The van der Waals surface area contributed by atoms with Crippen molar-refractivity contribution >= 4 is 0 Å². The van der Waals surface area contributed by atoms with Crippen LogP contribution in [0.15, 0.2) is 51.9 Å². The van der Waals surface area contributed by atoms with E-state index in [0.717, 1.165) is 11.1 Å². The van der Waals surface area contributed by atoms with E-state index in [1.165, 1.54) is 6.26 Å². The molecule has 1 aromatic carbocycles. The van der Waals surface area contributed by atoms with Crippen LogP contribution in [-0.4, -0.2) is 0 Å². The van der Waals surface area contributed by atoms with Gasteiger partial charge in [-0.25, -0.2) is 4.79 Å². The third-order valence-corrected chi connectivity index (χ3v) is 2.07. The van der Waals surface area contributed by atoms with Crippen molar-refractivity contribution in [1.82, 2.24) is 0 Å². The predicted molar refractivity (Wildman–Crippen MR) is 55.2 cm³/mol. The van der Waals surface area contributed by atoms with Gasteiger partial charge in [0.25, 0.3) is 0 Å². The molecule has 0 saturated carbocycles. The molecule has 2 aromatic rings. The van der Waals surface area contributed by atoms with Gasteiger partial charge < -0.3 is 4.42 Å². The molecule has 14 heavy (non-hydrogen) atoms. The van der Waals surface area contributed by atoms with E-state index in [0.29, 0.717) is 5.56 Å². The maximum Gasteiger partial charge on any atom is 0.343 e. The summed E-state index contributed by atoms with van der Waals surface area (Å²) in [4.78, 5) is 11.4. The van der Waals surface area contributed by atoms with Crippen LogP contribution in [0, 0.1) is 6.92 Å². The van der Waals surface area contributed by atoms with E-state index < -0.39 is 0 Å². The van der Waals surface area contributed by atoms with E-state index in [-0.39, 0.29) is 5.63 Å². The molecule has 0 radical (unpaired) electrons. The van der Waals surface area contributed by atoms with Crippen LogP contribution in [0.1, 0.15) is 5.56 Å². The van der Waals surface area contributed by atoms with Crippen LogP contribution >= 0.6 is 0 Å². The zero-order valence-electron chi connectivity index (χ0n) is 7.86. The number of aryl methyl sites for hydroxylation is 1. The maximum absolute atomic E-state index is 11.4. The second kappa shape index (κ2) is 3.50. The van der Waals surface area contributed by atoms with Crippen LogP contribution in [0.3, 0.4) is 0 Å². The Bertz CT molecular complexity index is 497. The Balaban J connectivity index is 2.61. The smallest absolute Gasteiger partial charge is 0.343 e. The van der Waals surface area contributed by atoms with Crippen LogP contribution in [0.5, 0.6) is 0 Å². The Kier molecular flexibility index (Phi) is 2.19. The van der Waals surface area contributed by atoms with Crippen LogP contribution in [0.2, 0.25) is 0 Å². The van der Waals surface area contributed by atoms with Crippen LogP contribution in [0.4, 0.5) is 0 Å². The SMILES string of the molecule is Cc1cccc(-c2cccoc2=O)c1. The molecule has 0 saturated heterocycles. The topological polar surface area (TPSA) is 30.2 Å². The molecule has 70 valence electrons. The third-order valence-electron chi connectivity index (χ3n) is 2.07. The maximum atomic E-state index is 11.4. The van der Waals surface area contributed by atoms with Crippen LogP contribution < -0.4 is 5.63 Å². The van der Waals surface area contributed by atoms with Crippen LogP contribution in [0.25, 0.3) is 11.1 Å². The molecule has 0 amide bonds. The molecule has 0 spiro atoms. The average molecular weight is 186 g/mol. The van der Waals surface area contributed by atoms with Gasteiger partial charge in [-0.05, 0) is 24.6 Å². The lowest BCUT2D eigenvalue weighted by Crippen LogP contribution is -2.00. The second-order valence-corrected chi connectivity index (χ2v) is 3.18. The fourth-order valence-electron chi connectivity index (χ4n) is 1.39. The van der Waals surface area contributed by atoms with Gasteiger partial charge in [-0.1, -0.05) is 29.8 Å². The van der Waals surface area contributed by atoms with Gasteiger partial charge in [-0.2, -0.15) is 0 Å². The lowest BCUT2D eigenvalue weighted by Gasteiger charge is -1.99. The van der Waals surface area contributed by atoms with Crippen molar-refractivity contribution in [2.45, 2.75) is 6.92 Å². The van der Waals surface area contributed by atoms with E-state index in [4.69, 9.17) is 4.42 Å². The monoisotopic (exact) mass is 186 g/mol. The van der Waals surface area contributed by atoms with Gasteiger partial charge in [0.2, 0.25) is 0 Å². The predicted octanol–water partition coefficient (Wildman–Crippen LogP) is 2.62. The molecule has 1 aromatic heterocycles. The normalized spacial score (nSPS) is 10.1. The van der Waals surface area contributed by atoms with Gasteiger partial charge >= 0.3 is 5.63 Å². The van der Waals surface area contributed by atoms with Crippen molar-refractivity contribution in [1.29, 1.82) is 0 Å². The fraction of sp³-hybridized carbons (Fsp3) is 0.0833. The summed E-state index contributed by atoms with van der Waals surface area (Å²) >= 11 is 0. The summed E-state index contributed by atoms with van der Waals surface area (Å²) in [5, 5.41) is 0. The van der Waals surface area contributed by atoms with Crippen molar-refractivity contribution < 1.29 is 4.42 Å². The largest absolute Gasteiger partial charge is 0.431 e. The zero-order chi connectivity index (χ0) is 9.97. The molecule has 0 bridgehead atoms. The van der Waals surface area contributed by atoms with E-state index in [2.05, 4.69) is 0 Å². The van der Waals surface area contributed by atoms with Crippen molar-refractivity contribution in [2.24, 2.45) is 0 Å². The highest BCUT2D eigenvalue weighted by Crippen LogP contribution is 2.15. The number of rotatable bonds is 1. The quantitative estimate of drug-likeness (QED) is 0.685. The molecule has 2 heteroatoms. The molecule has 0 unspecified atom stereocenters. The Labute approximate surface area is 81.8 Å². The fourth-order valence-corrected chi connectivity index (χ4v) is 1.39. The van der Waals surface area contributed by atoms with Gasteiger partial charge in [0, 0.05) is 0 Å². The highest BCUT2D eigenvalue weighted by atomic mass is 16.4. The summed E-state index contributed by atoms with van der Waals surface area (Å²) in [7, 11) is 0. The molecule has 1 heterocycles. The van der Waals surface area contributed by atoms with Crippen molar-refractivity contribution in [3.8, 4) is 11.1 Å². The zero-order valence-corrected chi connectivity index (χ0v) is 7.86. The minimum absolute atomic E-state index is 0.293. The van der Waals surface area contributed by atoms with Crippen LogP contribution in [-0.2, 0) is 0 Å². The first-order valence-corrected chi connectivity index (χ1v) is 4.42. The summed E-state index contributed by atoms with van der Waals surface area (Å²) in [5.41, 5.74) is 2.35. The van der Waals surface area contributed by atoms with Gasteiger partial charge in [0.15, 0.2) is 0 Å². The summed E-state index contributed by atoms with van der Waals surface area (Å²) in [6, 6.07) is 11.3. The summed E-state index contributed by atoms with van der Waals surface area (Å²) in [5.74, 6) is 0. The molecule has 2 rings (SSSR count). The Morgan fingerprint density at radius 3 is 2.71 bits per heavy atom. The molecular weight excluding hydrogens is 176 g/mol. The van der Waals surface area contributed by atoms with Gasteiger partial charge in [-0.15, -0.1) is 0 Å². The average Bonchev–Trinajstić information content (AvgIpc) is 2.18. The van der Waals surface area contributed by atoms with Gasteiger partial charge in [-0.3, -0.25) is 0 Å². The van der Waals surface area contributed by atoms with Crippen molar-refractivity contribution in [2.75, 3.05) is 0 Å². The molecule has 0 fully saturated rings. The summed E-state index contributed by atoms with van der Waals surface area (Å²) < 4.78 is 4.80. The molecular formula is C12H10O2. The summed E-state index contributed by atoms with van der Waals surface area (Å²) in [6.07, 6.45) is 1.39. The van der Waals surface area contributed by atoms with Gasteiger partial charge in [0.1, 0.15) is 0 Å². The molecule has 0 aliphatic carbocycles. The number of hydrogen-bond acceptors (Lipinski definition) is 2. The summed E-state index contributed by atoms with van der Waals surface area (Å²) in [6.45, 7) is 1.99. The first kappa shape index (κ1) is 8.75. The third kappa shape index (κ3) is 1.59. The molecule has 0 N–H and O–H groups in total. The molecule has 0 aliphatic rings. The lowest BCUT2D eigenvalue weighted by molar-refractivity contribution is 0.513. The minimum Gasteiger partial charge on any atom is -0.431 e. The first-order valence-electron chi connectivity index (χ1n) is 4.42. The Morgan fingerprint density at radius 2 is 2.00 bits per heavy atom. The van der Waals surface area contributed by atoms with E-state index in [1.54, 1.807) is 12.1 Å². The molecule has 0 atom stereocenters. The van der Waals surface area contributed by atoms with Crippen molar-refractivity contribution in [3.05, 3.63) is 58.6 Å². The Hall–Kier alpha value is -1.83. The molecule has 2 nitrogen and oxygen atoms in total. The highest BCUT2D eigenvalue weighted by Gasteiger charge is 2.02. The van der Waals surface area contributed by atoms with E-state index in [1.807, 2.05) is 31.2 Å². The molecule has 0 aliphatic heterocycles. The lowest BCUT2D eigenvalue weighted by atomic mass is 10.1. The second-order valence-electron chi connectivity index (χ2n) is 3.18. The van der Waals surface area contributed by atoms with E-state index in [9.17, 15) is 4.79 Å². The highest BCUT2D eigenvalue weighted by molar-refractivity contribution is 5.62. The van der Waals surface area contributed by atoms with Crippen molar-refractivity contribution in [3.63, 3.8) is 0 Å². The first-order chi connectivity index (χ1) is 6.77. The minimum atomic E-state index is -0.293. The number of hydrogen-bond donors (Lipinski definition) is 0. The van der Waals surface area contributed by atoms with Gasteiger partial charge in [0.05, 0.1) is 11.8 Å².